The molecule has 1 saturated carbocycles. The average Bonchev–Trinajstić information content (AvgIpc) is 2.89. The maximum Gasteiger partial charge on any atom is 0.272 e. The molecule has 6 heteroatoms. The molecule has 29 heavy (non-hydrogen) atoms. The number of rotatable bonds is 4. The van der Waals surface area contributed by atoms with E-state index >= 15 is 0 Å². The molecular formula is C23H26Cl2N2OS. The van der Waals surface area contributed by atoms with Gasteiger partial charge in [-0.05, 0) is 60.4 Å². The van der Waals surface area contributed by atoms with Crippen LogP contribution in [0.3, 0.4) is 0 Å². The zero-order chi connectivity index (χ0) is 20.8. The molecule has 2 heterocycles. The van der Waals surface area contributed by atoms with Crippen LogP contribution in [0.2, 0.25) is 10.0 Å². The Labute approximate surface area is 187 Å². The van der Waals surface area contributed by atoms with Gasteiger partial charge < -0.3 is 4.90 Å². The van der Waals surface area contributed by atoms with Gasteiger partial charge in [0.25, 0.3) is 5.91 Å². The van der Waals surface area contributed by atoms with E-state index in [0.717, 1.165) is 30.0 Å². The predicted molar refractivity (Wildman–Crippen MR) is 121 cm³/mol. The number of thioether (sulfide) groups is 1. The molecule has 1 amide bonds. The van der Waals surface area contributed by atoms with E-state index in [4.69, 9.17) is 23.2 Å². The molecule has 2 aromatic rings. The van der Waals surface area contributed by atoms with Crippen LogP contribution in [0.4, 0.5) is 0 Å². The van der Waals surface area contributed by atoms with Crippen LogP contribution in [-0.2, 0) is 5.75 Å². The van der Waals surface area contributed by atoms with Gasteiger partial charge in [-0.3, -0.25) is 4.79 Å². The Bertz CT molecular complexity index is 948. The molecule has 154 valence electrons. The van der Waals surface area contributed by atoms with Crippen molar-refractivity contribution in [1.29, 1.82) is 0 Å². The van der Waals surface area contributed by atoms with Gasteiger partial charge >= 0.3 is 0 Å². The number of aromatic nitrogens is 1. The lowest BCUT2D eigenvalue weighted by molar-refractivity contribution is 0.0702. The first-order valence-corrected chi connectivity index (χ1v) is 11.7. The molecule has 1 aliphatic heterocycles. The molecule has 2 fully saturated rings. The number of amides is 1. The predicted octanol–water partition coefficient (Wildman–Crippen LogP) is 6.72. The summed E-state index contributed by atoms with van der Waals surface area (Å²) in [7, 11) is 0. The number of carbonyl (C=O) groups excluding carboxylic acids is 1. The number of pyridine rings is 1. The summed E-state index contributed by atoms with van der Waals surface area (Å²) in [5, 5.41) is 1.26. The molecule has 0 N–H and O–H groups in total. The third kappa shape index (κ3) is 4.60. The quantitative estimate of drug-likeness (QED) is 0.486. The Balaban J connectivity index is 1.48. The van der Waals surface area contributed by atoms with Crippen LogP contribution in [0.15, 0.2) is 41.3 Å². The number of likely N-dealkylation sites (tertiary alicyclic amines) is 1. The van der Waals surface area contributed by atoms with E-state index in [0.29, 0.717) is 27.5 Å². The smallest absolute Gasteiger partial charge is 0.272 e. The Hall–Kier alpha value is -1.23. The third-order valence-corrected chi connectivity index (χ3v) is 7.74. The van der Waals surface area contributed by atoms with Gasteiger partial charge in [0.2, 0.25) is 0 Å². The molecule has 1 saturated heterocycles. The van der Waals surface area contributed by atoms with E-state index in [1.54, 1.807) is 17.8 Å². The van der Waals surface area contributed by atoms with Gasteiger partial charge in [-0.2, -0.15) is 0 Å². The Morgan fingerprint density at radius 3 is 2.76 bits per heavy atom. The first-order valence-electron chi connectivity index (χ1n) is 9.99. The van der Waals surface area contributed by atoms with Gasteiger partial charge in [0, 0.05) is 28.3 Å². The highest BCUT2D eigenvalue weighted by atomic mass is 35.5. The highest BCUT2D eigenvalue weighted by Crippen LogP contribution is 2.52. The second kappa shape index (κ2) is 7.79. The molecule has 4 rings (SSSR count). The number of fused-ring (bicyclic) bond motifs is 2. The number of halogens is 2. The molecule has 1 aromatic heterocycles. The van der Waals surface area contributed by atoms with E-state index in [2.05, 4.69) is 30.7 Å². The van der Waals surface area contributed by atoms with Gasteiger partial charge in [-0.1, -0.05) is 50.0 Å². The summed E-state index contributed by atoms with van der Waals surface area (Å²) in [6.45, 7) is 7.80. The van der Waals surface area contributed by atoms with E-state index in [1.165, 1.54) is 6.42 Å². The zero-order valence-electron chi connectivity index (χ0n) is 17.0. The molecule has 1 aliphatic carbocycles. The standard InChI is InChI=1S/C23H26Cl2N2OS/c1-22(2)10-17-11-23(3,13-22)14-27(17)21(28)19-6-4-5-16(26-19)12-29-20-8-7-15(24)9-18(20)25/h4-9,17H,10-14H2,1-3H3/t17-,23-/m1/s1. The number of nitrogens with zero attached hydrogens (tertiary/aromatic N) is 2. The summed E-state index contributed by atoms with van der Waals surface area (Å²) >= 11 is 13.8. The van der Waals surface area contributed by atoms with E-state index < -0.39 is 0 Å². The summed E-state index contributed by atoms with van der Waals surface area (Å²) in [5.41, 5.74) is 1.93. The van der Waals surface area contributed by atoms with Crippen LogP contribution in [0.25, 0.3) is 0 Å². The fourth-order valence-electron chi connectivity index (χ4n) is 5.27. The summed E-state index contributed by atoms with van der Waals surface area (Å²) < 4.78 is 0. The zero-order valence-corrected chi connectivity index (χ0v) is 19.4. The topological polar surface area (TPSA) is 33.2 Å². The normalized spacial score (nSPS) is 25.3. The van der Waals surface area contributed by atoms with Crippen LogP contribution in [-0.4, -0.2) is 28.4 Å². The molecule has 0 unspecified atom stereocenters. The molecular weight excluding hydrogens is 423 g/mol. The van der Waals surface area contributed by atoms with E-state index in [1.807, 2.05) is 30.3 Å². The Morgan fingerprint density at radius 1 is 1.21 bits per heavy atom. The summed E-state index contributed by atoms with van der Waals surface area (Å²) in [5.74, 6) is 0.712. The minimum Gasteiger partial charge on any atom is -0.334 e. The summed E-state index contributed by atoms with van der Waals surface area (Å²) in [6.07, 6.45) is 3.35. The number of carbonyl (C=O) groups is 1. The molecule has 0 radical (unpaired) electrons. The molecule has 1 aromatic carbocycles. The van der Waals surface area contributed by atoms with E-state index in [-0.39, 0.29) is 16.7 Å². The Kier molecular flexibility index (Phi) is 5.65. The van der Waals surface area contributed by atoms with Gasteiger partial charge in [-0.25, -0.2) is 4.98 Å². The molecule has 2 bridgehead atoms. The number of benzene rings is 1. The fraction of sp³-hybridized carbons (Fsp3) is 0.478. The van der Waals surface area contributed by atoms with Crippen molar-refractivity contribution >= 4 is 40.9 Å². The van der Waals surface area contributed by atoms with Gasteiger partial charge in [0.05, 0.1) is 10.7 Å². The maximum absolute atomic E-state index is 13.3. The second-order valence-electron chi connectivity index (χ2n) is 9.52. The van der Waals surface area contributed by atoms with Crippen molar-refractivity contribution in [2.75, 3.05) is 6.54 Å². The van der Waals surface area contributed by atoms with Crippen molar-refractivity contribution in [3.63, 3.8) is 0 Å². The molecule has 3 nitrogen and oxygen atoms in total. The molecule has 0 spiro atoms. The third-order valence-electron chi connectivity index (χ3n) is 5.97. The van der Waals surface area contributed by atoms with Gasteiger partial charge in [-0.15, -0.1) is 11.8 Å². The van der Waals surface area contributed by atoms with Gasteiger partial charge in [0.1, 0.15) is 5.69 Å². The minimum absolute atomic E-state index is 0.0628. The lowest BCUT2D eigenvalue weighted by Gasteiger charge is -2.39. The maximum atomic E-state index is 13.3. The van der Waals surface area contributed by atoms with Crippen molar-refractivity contribution < 1.29 is 4.79 Å². The lowest BCUT2D eigenvalue weighted by Crippen LogP contribution is -2.38. The van der Waals surface area contributed by atoms with Crippen LogP contribution in [0.5, 0.6) is 0 Å². The second-order valence-corrected chi connectivity index (χ2v) is 11.4. The minimum atomic E-state index is 0.0628. The van der Waals surface area contributed by atoms with Crippen LogP contribution in [0, 0.1) is 10.8 Å². The van der Waals surface area contributed by atoms with Crippen molar-refractivity contribution in [2.24, 2.45) is 10.8 Å². The molecule has 2 atom stereocenters. The van der Waals surface area contributed by atoms with Crippen molar-refractivity contribution in [3.8, 4) is 0 Å². The number of hydrogen-bond donors (Lipinski definition) is 0. The highest BCUT2D eigenvalue weighted by molar-refractivity contribution is 7.98. The number of hydrogen-bond acceptors (Lipinski definition) is 3. The SMILES string of the molecule is CC1(C)C[C@@H]2C[C@@](C)(CN2C(=O)c2cccc(CSc3ccc(Cl)cc3Cl)n2)C1. The fourth-order valence-corrected chi connectivity index (χ4v) is 6.66. The largest absolute Gasteiger partial charge is 0.334 e. The van der Waals surface area contributed by atoms with Crippen molar-refractivity contribution in [2.45, 2.75) is 56.7 Å². The molecule has 2 aliphatic rings. The van der Waals surface area contributed by atoms with E-state index in [9.17, 15) is 4.79 Å². The van der Waals surface area contributed by atoms with Crippen molar-refractivity contribution in [1.82, 2.24) is 9.88 Å². The van der Waals surface area contributed by atoms with Crippen LogP contribution < -0.4 is 0 Å². The summed E-state index contributed by atoms with van der Waals surface area (Å²) in [6, 6.07) is 11.5. The van der Waals surface area contributed by atoms with Crippen LogP contribution in [0.1, 0.15) is 56.2 Å². The Morgan fingerprint density at radius 2 is 2.00 bits per heavy atom. The summed E-state index contributed by atoms with van der Waals surface area (Å²) in [4.78, 5) is 21.0. The van der Waals surface area contributed by atoms with Gasteiger partial charge in [0.15, 0.2) is 0 Å². The first-order chi connectivity index (χ1) is 13.6. The average molecular weight is 449 g/mol. The highest BCUT2D eigenvalue weighted by Gasteiger charge is 2.51. The first kappa shape index (κ1) is 21.0. The monoisotopic (exact) mass is 448 g/mol. The van der Waals surface area contributed by atoms with Crippen molar-refractivity contribution in [3.05, 3.63) is 57.8 Å². The van der Waals surface area contributed by atoms with Crippen LogP contribution >= 0.6 is 35.0 Å². The lowest BCUT2D eigenvalue weighted by atomic mass is 9.65.